The zero-order chi connectivity index (χ0) is 23.8. The Labute approximate surface area is 208 Å². The van der Waals surface area contributed by atoms with Crippen LogP contribution in [0.15, 0.2) is 60.1 Å². The van der Waals surface area contributed by atoms with E-state index in [1.165, 1.54) is 5.56 Å². The minimum Gasteiger partial charge on any atom is -0.361 e. The summed E-state index contributed by atoms with van der Waals surface area (Å²) in [6, 6.07) is 16.3. The van der Waals surface area contributed by atoms with Gasteiger partial charge < -0.3 is 14.8 Å². The van der Waals surface area contributed by atoms with Gasteiger partial charge in [0.2, 0.25) is 5.91 Å². The monoisotopic (exact) mass is 484 g/mol. The van der Waals surface area contributed by atoms with Crippen molar-refractivity contribution >= 4 is 39.7 Å². The number of thiazole rings is 1. The Balaban J connectivity index is 1.09. The number of para-hydroxylation sites is 2. The Morgan fingerprint density at radius 1 is 1.03 bits per heavy atom. The molecule has 2 aliphatic heterocycles. The Morgan fingerprint density at radius 2 is 1.83 bits per heavy atom. The molecule has 178 valence electrons. The smallest absolute Gasteiger partial charge is 0.277 e. The SMILES string of the molecule is O=C(Cc1c[nH]c2ccccc12)N1CCC(c2nc(C(=O)N3CCCc4ccccc43)cs2)CC1. The zero-order valence-electron chi connectivity index (χ0n) is 19.6. The number of amides is 2. The van der Waals surface area contributed by atoms with Crippen molar-refractivity contribution in [1.82, 2.24) is 14.9 Å². The number of aromatic nitrogens is 2. The third-order valence-electron chi connectivity index (χ3n) is 7.31. The van der Waals surface area contributed by atoms with E-state index in [1.54, 1.807) is 11.3 Å². The summed E-state index contributed by atoms with van der Waals surface area (Å²) in [4.78, 5) is 38.1. The molecule has 2 aromatic heterocycles. The number of fused-ring (bicyclic) bond motifs is 2. The molecule has 2 aliphatic rings. The Morgan fingerprint density at radius 3 is 2.71 bits per heavy atom. The average molecular weight is 485 g/mol. The second kappa shape index (κ2) is 9.30. The topological polar surface area (TPSA) is 69.3 Å². The fourth-order valence-electron chi connectivity index (χ4n) is 5.38. The number of aryl methyl sites for hydroxylation is 1. The van der Waals surface area contributed by atoms with Crippen molar-refractivity contribution in [2.45, 2.75) is 38.0 Å². The van der Waals surface area contributed by atoms with Crippen LogP contribution in [0.5, 0.6) is 0 Å². The maximum atomic E-state index is 13.3. The molecule has 7 heteroatoms. The number of carbonyl (C=O) groups excluding carboxylic acids is 2. The molecule has 1 fully saturated rings. The minimum atomic E-state index is -0.00834. The van der Waals surface area contributed by atoms with Gasteiger partial charge in [-0.15, -0.1) is 11.3 Å². The van der Waals surface area contributed by atoms with Crippen molar-refractivity contribution in [3.05, 3.63) is 81.9 Å². The Kier molecular flexibility index (Phi) is 5.86. The first-order chi connectivity index (χ1) is 17.2. The Hall–Kier alpha value is -3.45. The third-order valence-corrected chi connectivity index (χ3v) is 8.32. The molecule has 0 atom stereocenters. The van der Waals surface area contributed by atoms with Crippen LogP contribution in [-0.4, -0.2) is 46.3 Å². The molecule has 1 saturated heterocycles. The van der Waals surface area contributed by atoms with E-state index >= 15 is 0 Å². The van der Waals surface area contributed by atoms with Crippen LogP contribution in [0, 0.1) is 0 Å². The van der Waals surface area contributed by atoms with E-state index in [4.69, 9.17) is 4.98 Å². The van der Waals surface area contributed by atoms with Gasteiger partial charge in [0.1, 0.15) is 5.69 Å². The van der Waals surface area contributed by atoms with Gasteiger partial charge in [0.25, 0.3) is 5.91 Å². The van der Waals surface area contributed by atoms with Crippen LogP contribution in [0.3, 0.4) is 0 Å². The van der Waals surface area contributed by atoms with Gasteiger partial charge in [0, 0.05) is 53.7 Å². The number of H-pyrrole nitrogens is 1. The molecule has 0 bridgehead atoms. The fraction of sp³-hybridized carbons (Fsp3) is 0.321. The molecule has 0 unspecified atom stereocenters. The van der Waals surface area contributed by atoms with Gasteiger partial charge in [-0.3, -0.25) is 9.59 Å². The number of hydrogen-bond donors (Lipinski definition) is 1. The van der Waals surface area contributed by atoms with Crippen molar-refractivity contribution in [1.29, 1.82) is 0 Å². The number of likely N-dealkylation sites (tertiary alicyclic amines) is 1. The van der Waals surface area contributed by atoms with Gasteiger partial charge in [0.05, 0.1) is 11.4 Å². The molecule has 1 N–H and O–H groups in total. The normalized spacial score (nSPS) is 16.5. The van der Waals surface area contributed by atoms with Gasteiger partial charge in [0.15, 0.2) is 0 Å². The number of piperidine rings is 1. The van der Waals surface area contributed by atoms with Gasteiger partial charge in [-0.2, -0.15) is 0 Å². The highest BCUT2D eigenvalue weighted by atomic mass is 32.1. The van der Waals surface area contributed by atoms with E-state index in [0.29, 0.717) is 18.0 Å². The number of anilines is 1. The van der Waals surface area contributed by atoms with Gasteiger partial charge in [-0.1, -0.05) is 36.4 Å². The molecular formula is C28H28N4O2S. The summed E-state index contributed by atoms with van der Waals surface area (Å²) in [6.07, 6.45) is 6.12. The van der Waals surface area contributed by atoms with Crippen molar-refractivity contribution in [3.8, 4) is 0 Å². The van der Waals surface area contributed by atoms with Crippen LogP contribution in [0.2, 0.25) is 0 Å². The molecule has 6 rings (SSSR count). The summed E-state index contributed by atoms with van der Waals surface area (Å²) in [5.41, 5.74) is 4.90. The third kappa shape index (κ3) is 4.25. The lowest BCUT2D eigenvalue weighted by Crippen LogP contribution is -2.38. The zero-order valence-corrected chi connectivity index (χ0v) is 20.4. The largest absolute Gasteiger partial charge is 0.361 e. The summed E-state index contributed by atoms with van der Waals surface area (Å²) in [5, 5.41) is 4.04. The molecule has 4 aromatic rings. The van der Waals surface area contributed by atoms with E-state index in [2.05, 4.69) is 17.1 Å². The van der Waals surface area contributed by atoms with Crippen LogP contribution < -0.4 is 4.90 Å². The van der Waals surface area contributed by atoms with Crippen LogP contribution in [0.4, 0.5) is 5.69 Å². The molecule has 35 heavy (non-hydrogen) atoms. The van der Waals surface area contributed by atoms with E-state index in [-0.39, 0.29) is 11.8 Å². The predicted octanol–water partition coefficient (Wildman–Crippen LogP) is 5.17. The van der Waals surface area contributed by atoms with Crippen molar-refractivity contribution in [2.24, 2.45) is 0 Å². The lowest BCUT2D eigenvalue weighted by atomic mass is 9.97. The molecule has 4 heterocycles. The highest BCUT2D eigenvalue weighted by Gasteiger charge is 2.29. The maximum Gasteiger partial charge on any atom is 0.277 e. The number of rotatable bonds is 4. The van der Waals surface area contributed by atoms with E-state index in [9.17, 15) is 9.59 Å². The molecule has 0 aliphatic carbocycles. The van der Waals surface area contributed by atoms with Crippen molar-refractivity contribution in [2.75, 3.05) is 24.5 Å². The van der Waals surface area contributed by atoms with Gasteiger partial charge in [-0.25, -0.2) is 4.98 Å². The molecule has 2 aromatic carbocycles. The first-order valence-electron chi connectivity index (χ1n) is 12.4. The van der Waals surface area contributed by atoms with Gasteiger partial charge >= 0.3 is 0 Å². The summed E-state index contributed by atoms with van der Waals surface area (Å²) in [7, 11) is 0. The van der Waals surface area contributed by atoms with E-state index < -0.39 is 0 Å². The number of hydrogen-bond acceptors (Lipinski definition) is 4. The summed E-state index contributed by atoms with van der Waals surface area (Å²) >= 11 is 1.58. The second-order valence-corrected chi connectivity index (χ2v) is 10.3. The first-order valence-corrected chi connectivity index (χ1v) is 13.2. The highest BCUT2D eigenvalue weighted by molar-refractivity contribution is 7.10. The van der Waals surface area contributed by atoms with Crippen molar-refractivity contribution in [3.63, 3.8) is 0 Å². The summed E-state index contributed by atoms with van der Waals surface area (Å²) < 4.78 is 0. The van der Waals surface area contributed by atoms with Crippen molar-refractivity contribution < 1.29 is 9.59 Å². The van der Waals surface area contributed by atoms with Crippen LogP contribution >= 0.6 is 11.3 Å². The molecule has 6 nitrogen and oxygen atoms in total. The standard InChI is InChI=1S/C28H28N4O2S/c33-26(16-21-17-29-23-9-3-2-8-22(21)23)31-14-11-20(12-15-31)27-30-24(18-35-27)28(34)32-13-5-7-19-6-1-4-10-25(19)32/h1-4,6,8-10,17-18,20,29H,5,7,11-16H2. The van der Waals surface area contributed by atoms with E-state index in [1.807, 2.05) is 57.8 Å². The molecule has 2 amide bonds. The highest BCUT2D eigenvalue weighted by Crippen LogP contribution is 2.33. The lowest BCUT2D eigenvalue weighted by molar-refractivity contribution is -0.131. The van der Waals surface area contributed by atoms with E-state index in [0.717, 1.165) is 72.5 Å². The number of nitrogens with zero attached hydrogens (tertiary/aromatic N) is 3. The number of nitrogens with one attached hydrogen (secondary N) is 1. The first kappa shape index (κ1) is 22.0. The molecule has 0 spiro atoms. The average Bonchev–Trinajstić information content (AvgIpc) is 3.56. The molecule has 0 radical (unpaired) electrons. The Bertz CT molecular complexity index is 1380. The fourth-order valence-corrected chi connectivity index (χ4v) is 6.35. The number of benzene rings is 2. The van der Waals surface area contributed by atoms with Crippen LogP contribution in [-0.2, 0) is 17.6 Å². The maximum absolute atomic E-state index is 13.3. The van der Waals surface area contributed by atoms with Crippen LogP contribution in [0.1, 0.15) is 51.8 Å². The number of aromatic amines is 1. The minimum absolute atomic E-state index is 0.00834. The summed E-state index contributed by atoms with van der Waals surface area (Å²) in [5.74, 6) is 0.463. The summed E-state index contributed by atoms with van der Waals surface area (Å²) in [6.45, 7) is 2.20. The lowest BCUT2D eigenvalue weighted by Gasteiger charge is -2.31. The van der Waals surface area contributed by atoms with Gasteiger partial charge in [-0.05, 0) is 48.9 Å². The predicted molar refractivity (Wildman–Crippen MR) is 139 cm³/mol. The second-order valence-electron chi connectivity index (χ2n) is 9.45. The molecular weight excluding hydrogens is 456 g/mol. The quantitative estimate of drug-likeness (QED) is 0.435. The molecule has 0 saturated carbocycles. The number of carbonyl (C=O) groups is 2. The van der Waals surface area contributed by atoms with Crippen LogP contribution in [0.25, 0.3) is 10.9 Å².